The Kier molecular flexibility index (Phi) is 7.02. The molecule has 180 valence electrons. The lowest BCUT2D eigenvalue weighted by atomic mass is 9.88. The van der Waals surface area contributed by atoms with Gasteiger partial charge in [-0.3, -0.25) is 14.5 Å². The fourth-order valence-electron chi connectivity index (χ4n) is 4.55. The van der Waals surface area contributed by atoms with Crippen molar-refractivity contribution in [3.63, 3.8) is 0 Å². The predicted molar refractivity (Wildman–Crippen MR) is 126 cm³/mol. The summed E-state index contributed by atoms with van der Waals surface area (Å²) in [5, 5.41) is 0. The summed E-state index contributed by atoms with van der Waals surface area (Å²) in [7, 11) is 4.70. The molecular weight excluding hydrogens is 438 g/mol. The molecule has 0 aliphatic carbocycles. The Hall–Kier alpha value is -3.59. The van der Waals surface area contributed by atoms with Gasteiger partial charge in [-0.2, -0.15) is 0 Å². The Bertz CT molecular complexity index is 1190. The van der Waals surface area contributed by atoms with Crippen LogP contribution in [0.3, 0.4) is 0 Å². The number of carbonyl (C=O) groups excluding carboxylic acids is 2. The number of methoxy groups -OCH3 is 3. The minimum absolute atomic E-state index is 0.159. The maximum atomic E-state index is 13.9. The second-order valence-electron chi connectivity index (χ2n) is 7.86. The fourth-order valence-corrected chi connectivity index (χ4v) is 4.55. The molecule has 0 spiro atoms. The molecule has 0 saturated heterocycles. The molecule has 1 aliphatic rings. The van der Waals surface area contributed by atoms with Gasteiger partial charge in [-0.05, 0) is 31.5 Å². The lowest BCUT2D eigenvalue weighted by molar-refractivity contribution is -0.153. The Morgan fingerprint density at radius 2 is 1.85 bits per heavy atom. The van der Waals surface area contributed by atoms with Gasteiger partial charge in [0.15, 0.2) is 17.4 Å². The summed E-state index contributed by atoms with van der Waals surface area (Å²) in [5.41, 5.74) is 2.15. The zero-order chi connectivity index (χ0) is 24.2. The summed E-state index contributed by atoms with van der Waals surface area (Å²) in [4.78, 5) is 33.5. The minimum atomic E-state index is -1.13. The highest BCUT2D eigenvalue weighted by molar-refractivity contribution is 6.08. The van der Waals surface area contributed by atoms with Gasteiger partial charge in [0.05, 0.1) is 37.9 Å². The number of aromatic nitrogens is 2. The van der Waals surface area contributed by atoms with Crippen LogP contribution in [-0.4, -0.2) is 62.5 Å². The van der Waals surface area contributed by atoms with Gasteiger partial charge in [0.25, 0.3) is 0 Å². The second-order valence-corrected chi connectivity index (χ2v) is 7.86. The molecule has 4 rings (SSSR count). The van der Waals surface area contributed by atoms with Crippen LogP contribution in [0.15, 0.2) is 42.5 Å². The lowest BCUT2D eigenvalue weighted by Crippen LogP contribution is -2.50. The summed E-state index contributed by atoms with van der Waals surface area (Å²) in [6.07, 6.45) is 0.591. The number of ether oxygens (including phenoxy) is 4. The van der Waals surface area contributed by atoms with Crippen LogP contribution in [0.2, 0.25) is 0 Å². The van der Waals surface area contributed by atoms with Crippen molar-refractivity contribution in [2.45, 2.75) is 19.4 Å². The maximum Gasteiger partial charge on any atom is 0.321 e. The minimum Gasteiger partial charge on any atom is -0.493 e. The van der Waals surface area contributed by atoms with Crippen LogP contribution in [0.1, 0.15) is 24.9 Å². The van der Waals surface area contributed by atoms with Crippen molar-refractivity contribution in [2.24, 2.45) is 5.92 Å². The molecule has 9 heteroatoms. The van der Waals surface area contributed by atoms with Gasteiger partial charge in [0.2, 0.25) is 11.9 Å². The summed E-state index contributed by atoms with van der Waals surface area (Å²) in [5.74, 6) is -0.668. The zero-order valence-corrected chi connectivity index (χ0v) is 19.8. The topological polar surface area (TPSA) is 92.1 Å². The van der Waals surface area contributed by atoms with Crippen LogP contribution in [0.4, 0.5) is 5.95 Å². The van der Waals surface area contributed by atoms with E-state index in [0.29, 0.717) is 42.6 Å². The molecule has 0 N–H and O–H groups in total. The van der Waals surface area contributed by atoms with Crippen molar-refractivity contribution in [3.8, 4) is 11.5 Å². The third kappa shape index (κ3) is 3.96. The number of rotatable bonds is 9. The van der Waals surface area contributed by atoms with Crippen LogP contribution in [0.25, 0.3) is 11.0 Å². The highest BCUT2D eigenvalue weighted by atomic mass is 16.5. The molecule has 0 radical (unpaired) electrons. The number of carbonyl (C=O) groups is 2. The predicted octanol–water partition coefficient (Wildman–Crippen LogP) is 3.21. The van der Waals surface area contributed by atoms with Crippen molar-refractivity contribution in [2.75, 3.05) is 46.0 Å². The van der Waals surface area contributed by atoms with E-state index >= 15 is 0 Å². The number of hydrogen-bond acceptors (Lipinski definition) is 7. The van der Waals surface area contributed by atoms with Crippen LogP contribution >= 0.6 is 0 Å². The maximum absolute atomic E-state index is 13.9. The van der Waals surface area contributed by atoms with E-state index < -0.39 is 17.9 Å². The van der Waals surface area contributed by atoms with Crippen LogP contribution in [-0.2, 0) is 19.1 Å². The lowest BCUT2D eigenvalue weighted by Gasteiger charge is -2.38. The largest absolute Gasteiger partial charge is 0.493 e. The van der Waals surface area contributed by atoms with E-state index in [4.69, 9.17) is 23.9 Å². The average Bonchev–Trinajstić information content (AvgIpc) is 3.23. The van der Waals surface area contributed by atoms with Crippen molar-refractivity contribution in [1.29, 1.82) is 0 Å². The van der Waals surface area contributed by atoms with Gasteiger partial charge in [-0.1, -0.05) is 24.3 Å². The number of para-hydroxylation sites is 3. The van der Waals surface area contributed by atoms with Gasteiger partial charge in [-0.15, -0.1) is 0 Å². The summed E-state index contributed by atoms with van der Waals surface area (Å²) < 4.78 is 23.7. The molecule has 0 bridgehead atoms. The standard InChI is InChI=1S/C25H29N3O6/c1-5-34-24(30)20-21(16-10-8-13-19(32-3)22(16)33-4)28-18-12-7-6-11-17(18)26-25(28)27(23(20)29)14-9-15-31-2/h6-8,10-13,20-21H,5,9,14-15H2,1-4H3. The number of anilines is 1. The molecule has 2 aromatic carbocycles. The Balaban J connectivity index is 2.00. The summed E-state index contributed by atoms with van der Waals surface area (Å²) >= 11 is 0. The quantitative estimate of drug-likeness (QED) is 0.271. The Labute approximate surface area is 198 Å². The van der Waals surface area contributed by atoms with Gasteiger partial charge in [0, 0.05) is 25.8 Å². The van der Waals surface area contributed by atoms with Gasteiger partial charge in [-0.25, -0.2) is 4.98 Å². The van der Waals surface area contributed by atoms with Gasteiger partial charge >= 0.3 is 5.97 Å². The van der Waals surface area contributed by atoms with E-state index in [0.717, 1.165) is 11.0 Å². The molecule has 0 saturated carbocycles. The third-order valence-corrected chi connectivity index (χ3v) is 5.97. The fraction of sp³-hybridized carbons (Fsp3) is 0.400. The van der Waals surface area contributed by atoms with Crippen molar-refractivity contribution in [1.82, 2.24) is 9.55 Å². The van der Waals surface area contributed by atoms with Gasteiger partial charge < -0.3 is 23.5 Å². The molecule has 0 fully saturated rings. The van der Waals surface area contributed by atoms with E-state index in [2.05, 4.69) is 0 Å². The third-order valence-electron chi connectivity index (χ3n) is 5.97. The molecule has 1 aromatic heterocycles. The van der Waals surface area contributed by atoms with Gasteiger partial charge in [0.1, 0.15) is 0 Å². The molecule has 2 atom stereocenters. The first-order valence-corrected chi connectivity index (χ1v) is 11.2. The number of nitrogens with zero attached hydrogens (tertiary/aromatic N) is 3. The molecular formula is C25H29N3O6. The van der Waals surface area contributed by atoms with E-state index in [1.54, 1.807) is 32.1 Å². The van der Waals surface area contributed by atoms with E-state index in [9.17, 15) is 9.59 Å². The molecule has 34 heavy (non-hydrogen) atoms. The highest BCUT2D eigenvalue weighted by Gasteiger charge is 2.48. The first-order chi connectivity index (χ1) is 16.6. The molecule has 1 aliphatic heterocycles. The molecule has 3 aromatic rings. The van der Waals surface area contributed by atoms with Crippen molar-refractivity contribution in [3.05, 3.63) is 48.0 Å². The Morgan fingerprint density at radius 3 is 2.56 bits per heavy atom. The highest BCUT2D eigenvalue weighted by Crippen LogP contribution is 2.46. The van der Waals surface area contributed by atoms with Crippen LogP contribution in [0, 0.1) is 5.92 Å². The number of amides is 1. The Morgan fingerprint density at radius 1 is 1.06 bits per heavy atom. The first-order valence-electron chi connectivity index (χ1n) is 11.2. The van der Waals surface area contributed by atoms with Crippen LogP contribution in [0.5, 0.6) is 11.5 Å². The SMILES string of the molecule is CCOC(=O)C1C(=O)N(CCCOC)c2nc3ccccc3n2C1c1cccc(OC)c1OC. The van der Waals surface area contributed by atoms with E-state index in [1.807, 2.05) is 41.0 Å². The monoisotopic (exact) mass is 467 g/mol. The number of hydrogen-bond donors (Lipinski definition) is 0. The molecule has 2 unspecified atom stereocenters. The number of benzene rings is 2. The molecule has 1 amide bonds. The van der Waals surface area contributed by atoms with E-state index in [-0.39, 0.29) is 12.5 Å². The summed E-state index contributed by atoms with van der Waals surface area (Å²) in [6, 6.07) is 12.3. The average molecular weight is 468 g/mol. The molecule has 2 heterocycles. The zero-order valence-electron chi connectivity index (χ0n) is 19.8. The number of imidazole rings is 1. The summed E-state index contributed by atoms with van der Waals surface area (Å²) in [6.45, 7) is 2.71. The smallest absolute Gasteiger partial charge is 0.321 e. The number of esters is 1. The van der Waals surface area contributed by atoms with Crippen molar-refractivity contribution >= 4 is 28.9 Å². The second kappa shape index (κ2) is 10.1. The van der Waals surface area contributed by atoms with Crippen molar-refractivity contribution < 1.29 is 28.5 Å². The normalized spacial score (nSPS) is 17.5. The van der Waals surface area contributed by atoms with Crippen LogP contribution < -0.4 is 14.4 Å². The first kappa shape index (κ1) is 23.6. The number of fused-ring (bicyclic) bond motifs is 3. The molecule has 9 nitrogen and oxygen atoms in total. The van der Waals surface area contributed by atoms with E-state index in [1.165, 1.54) is 7.11 Å².